The van der Waals surface area contributed by atoms with Crippen molar-refractivity contribution in [2.45, 2.75) is 44.5 Å². The number of carbonyl (C=O) groups excluding carboxylic acids is 3. The highest BCUT2D eigenvalue weighted by atomic mass is 31.2. The van der Waals surface area contributed by atoms with Gasteiger partial charge in [-0.2, -0.15) is 0 Å². The number of carbonyl (C=O) groups is 4. The SMILES string of the molecule is CC(C)C[C@@H](NC(=O)[C@H](Cc1ccccc1)NC(=O)c1cnccn1)B1OCCN(CCOC(=O)NC(C(=O)O)P(=O)([O-])O)CCO1. The van der Waals surface area contributed by atoms with Crippen LogP contribution in [0.4, 0.5) is 4.79 Å². The summed E-state index contributed by atoms with van der Waals surface area (Å²) in [6, 6.07) is 8.32. The molecule has 17 nitrogen and oxygen atoms in total. The summed E-state index contributed by atoms with van der Waals surface area (Å²) in [5, 5.41) is 16.3. The molecule has 0 aliphatic carbocycles. The van der Waals surface area contributed by atoms with Crippen LogP contribution >= 0.6 is 7.60 Å². The molecule has 3 amide bonds. The predicted octanol–water partition coefficient (Wildman–Crippen LogP) is -0.593. The van der Waals surface area contributed by atoms with Gasteiger partial charge >= 0.3 is 19.2 Å². The quantitative estimate of drug-likeness (QED) is 0.117. The number of ether oxygens (including phenoxy) is 1. The van der Waals surface area contributed by atoms with Crippen molar-refractivity contribution in [2.24, 2.45) is 5.92 Å². The lowest BCUT2D eigenvalue weighted by Gasteiger charge is -2.32. The van der Waals surface area contributed by atoms with E-state index in [0.29, 0.717) is 19.5 Å². The van der Waals surface area contributed by atoms with E-state index in [1.807, 2.05) is 49.1 Å². The molecule has 1 aliphatic rings. The summed E-state index contributed by atoms with van der Waals surface area (Å²) in [5.74, 6) is -5.86. The number of alkyl carbamates (subject to hydrolysis) is 1. The minimum absolute atomic E-state index is 0.0715. The summed E-state index contributed by atoms with van der Waals surface area (Å²) in [6.07, 6.45) is 3.55. The zero-order valence-corrected chi connectivity index (χ0v) is 26.9. The van der Waals surface area contributed by atoms with Crippen molar-refractivity contribution in [1.29, 1.82) is 0 Å². The van der Waals surface area contributed by atoms with E-state index in [9.17, 15) is 28.6 Å². The van der Waals surface area contributed by atoms with Crippen molar-refractivity contribution in [3.63, 3.8) is 0 Å². The number of nitrogens with zero attached hydrogens (tertiary/aromatic N) is 3. The fourth-order valence-electron chi connectivity index (χ4n) is 4.65. The normalized spacial score (nSPS) is 17.3. The molecule has 1 aromatic carbocycles. The van der Waals surface area contributed by atoms with Crippen molar-refractivity contribution in [1.82, 2.24) is 30.8 Å². The summed E-state index contributed by atoms with van der Waals surface area (Å²) in [7, 11) is -6.18. The molecule has 47 heavy (non-hydrogen) atoms. The molecule has 5 N–H and O–H groups in total. The van der Waals surface area contributed by atoms with E-state index < -0.39 is 56.4 Å². The number of amides is 3. The first kappa shape index (κ1) is 37.5. The van der Waals surface area contributed by atoms with E-state index >= 15 is 0 Å². The molecule has 2 aromatic rings. The number of benzene rings is 1. The molecule has 1 saturated heterocycles. The van der Waals surface area contributed by atoms with Gasteiger partial charge < -0.3 is 49.5 Å². The van der Waals surface area contributed by atoms with Crippen molar-refractivity contribution in [3.05, 3.63) is 60.2 Å². The Bertz CT molecular complexity index is 1360. The zero-order chi connectivity index (χ0) is 34.4. The van der Waals surface area contributed by atoms with Crippen LogP contribution in [0.3, 0.4) is 0 Å². The van der Waals surface area contributed by atoms with Crippen molar-refractivity contribution in [2.75, 3.05) is 39.5 Å². The number of hydrogen-bond acceptors (Lipinski definition) is 12. The van der Waals surface area contributed by atoms with Gasteiger partial charge in [0.15, 0.2) is 13.4 Å². The van der Waals surface area contributed by atoms with Gasteiger partial charge in [-0.05, 0) is 17.9 Å². The lowest BCUT2D eigenvalue weighted by atomic mass is 9.73. The summed E-state index contributed by atoms with van der Waals surface area (Å²) < 4.78 is 28.0. The molecule has 0 radical (unpaired) electrons. The first-order chi connectivity index (χ1) is 22.3. The predicted molar refractivity (Wildman–Crippen MR) is 165 cm³/mol. The second-order valence-electron chi connectivity index (χ2n) is 11.1. The van der Waals surface area contributed by atoms with Gasteiger partial charge in [0.1, 0.15) is 18.3 Å². The third-order valence-corrected chi connectivity index (χ3v) is 7.92. The fourth-order valence-corrected chi connectivity index (χ4v) is 5.20. The van der Waals surface area contributed by atoms with Gasteiger partial charge in [-0.3, -0.25) is 19.5 Å². The second-order valence-corrected chi connectivity index (χ2v) is 12.7. The Morgan fingerprint density at radius 3 is 2.34 bits per heavy atom. The minimum atomic E-state index is -5.38. The second kappa shape index (κ2) is 18.4. The Morgan fingerprint density at radius 1 is 1.09 bits per heavy atom. The number of rotatable bonds is 15. The number of aromatic nitrogens is 2. The van der Waals surface area contributed by atoms with Gasteiger partial charge in [-0.25, -0.2) is 14.6 Å². The van der Waals surface area contributed by atoms with E-state index in [2.05, 4.69) is 20.6 Å². The van der Waals surface area contributed by atoms with Crippen LogP contribution in [0.15, 0.2) is 48.9 Å². The topological polar surface area (TPSA) is 242 Å². The smallest absolute Gasteiger partial charge is 0.480 e. The molecular weight excluding hydrogens is 638 g/mol. The molecular formula is C28H39BN6O11P-. The van der Waals surface area contributed by atoms with Gasteiger partial charge in [0.2, 0.25) is 5.91 Å². The third kappa shape index (κ3) is 13.0. The highest BCUT2D eigenvalue weighted by molar-refractivity contribution is 7.52. The molecule has 19 heteroatoms. The molecule has 1 aromatic heterocycles. The summed E-state index contributed by atoms with van der Waals surface area (Å²) in [6.45, 7) is 5.11. The van der Waals surface area contributed by atoms with Crippen molar-refractivity contribution >= 4 is 38.6 Å². The van der Waals surface area contributed by atoms with E-state index in [0.717, 1.165) is 5.56 Å². The molecule has 1 aliphatic heterocycles. The first-order valence-electron chi connectivity index (χ1n) is 14.9. The molecule has 0 spiro atoms. The maximum Gasteiger partial charge on any atom is 0.480 e. The van der Waals surface area contributed by atoms with E-state index in [1.165, 1.54) is 18.6 Å². The lowest BCUT2D eigenvalue weighted by Crippen LogP contribution is -2.57. The molecule has 2 heterocycles. The van der Waals surface area contributed by atoms with Crippen LogP contribution in [0.2, 0.25) is 0 Å². The van der Waals surface area contributed by atoms with Crippen molar-refractivity contribution in [3.8, 4) is 0 Å². The maximum atomic E-state index is 13.7. The molecule has 3 rings (SSSR count). The lowest BCUT2D eigenvalue weighted by molar-refractivity contribution is -0.197. The largest absolute Gasteiger partial charge is 0.777 e. The van der Waals surface area contributed by atoms with Crippen LogP contribution in [0, 0.1) is 5.92 Å². The molecule has 4 atom stereocenters. The van der Waals surface area contributed by atoms with Crippen LogP contribution in [0.5, 0.6) is 0 Å². The number of nitrogens with one attached hydrogen (secondary N) is 3. The minimum Gasteiger partial charge on any atom is -0.777 e. The number of carboxylic acids is 1. The van der Waals surface area contributed by atoms with Crippen LogP contribution in [-0.2, 0) is 34.6 Å². The van der Waals surface area contributed by atoms with Gasteiger partial charge in [-0.15, -0.1) is 0 Å². The van der Waals surface area contributed by atoms with Gasteiger partial charge in [0.25, 0.3) is 5.91 Å². The maximum absolute atomic E-state index is 13.7. The van der Waals surface area contributed by atoms with Crippen LogP contribution in [-0.4, -0.2) is 113 Å². The Kier molecular flexibility index (Phi) is 14.7. The molecule has 0 bridgehead atoms. The van der Waals surface area contributed by atoms with Crippen LogP contribution in [0.1, 0.15) is 36.3 Å². The molecule has 1 fully saturated rings. The van der Waals surface area contributed by atoms with Crippen molar-refractivity contribution < 1.29 is 52.7 Å². The standard InChI is InChI=1S/C28H40BN6O11P/c1-19(2)16-23(33-24(36)21(17-20-6-4-3-5-7-20)32-25(37)22-18-30-8-9-31-22)29-45-14-11-35(12-15-46-29)10-13-44-28(40)34-26(27(38)39)47(41,42)43/h3-9,18-19,21,23,26H,10-17H2,1-2H3,(H,32,37)(H,33,36)(H,34,40)(H,38,39)(H2,41,42,43)/p-1/t21-,23+,26?/m0/s1. The highest BCUT2D eigenvalue weighted by Crippen LogP contribution is 2.34. The van der Waals surface area contributed by atoms with E-state index in [4.69, 9.17) is 24.0 Å². The Labute approximate surface area is 272 Å². The van der Waals surface area contributed by atoms with Gasteiger partial charge in [-0.1, -0.05) is 44.2 Å². The first-order valence-corrected chi connectivity index (χ1v) is 16.5. The Morgan fingerprint density at radius 2 is 1.77 bits per heavy atom. The van der Waals surface area contributed by atoms with Gasteiger partial charge in [0.05, 0.1) is 12.1 Å². The van der Waals surface area contributed by atoms with E-state index in [1.54, 1.807) is 5.32 Å². The molecule has 0 saturated carbocycles. The number of aliphatic carboxylic acids is 1. The molecule has 256 valence electrons. The summed E-state index contributed by atoms with van der Waals surface area (Å²) in [4.78, 5) is 79.3. The van der Waals surface area contributed by atoms with Gasteiger partial charge in [0, 0.05) is 51.7 Å². The summed E-state index contributed by atoms with van der Waals surface area (Å²) in [5.41, 5.74) is 0.912. The third-order valence-electron chi connectivity index (χ3n) is 6.92. The van der Waals surface area contributed by atoms with Crippen LogP contribution in [0.25, 0.3) is 0 Å². The Hall–Kier alpha value is -3.93. The van der Waals surface area contributed by atoms with E-state index in [-0.39, 0.29) is 44.4 Å². The number of hydrogen-bond donors (Lipinski definition) is 5. The molecule has 2 unspecified atom stereocenters. The average Bonchev–Trinajstić information content (AvgIpc) is 3.00. The summed E-state index contributed by atoms with van der Waals surface area (Å²) >= 11 is 0. The Balaban J connectivity index is 1.58. The highest BCUT2D eigenvalue weighted by Gasteiger charge is 2.36. The monoisotopic (exact) mass is 677 g/mol. The number of carboxylic acid groups (broad SMARTS) is 1. The average molecular weight is 677 g/mol. The fraction of sp³-hybridized carbons (Fsp3) is 0.500. The van der Waals surface area contributed by atoms with Crippen LogP contribution < -0.4 is 20.8 Å². The zero-order valence-electron chi connectivity index (χ0n) is 26.0.